The van der Waals surface area contributed by atoms with Crippen molar-refractivity contribution >= 4 is 29.3 Å². The minimum absolute atomic E-state index is 0.572. The van der Waals surface area contributed by atoms with Crippen molar-refractivity contribution < 1.29 is 0 Å². The summed E-state index contributed by atoms with van der Waals surface area (Å²) in [6.45, 7) is 0.735. The average molecular weight is 270 g/mol. The first-order valence-electron chi connectivity index (χ1n) is 5.69. The van der Waals surface area contributed by atoms with Crippen molar-refractivity contribution in [1.29, 1.82) is 0 Å². The zero-order chi connectivity index (χ0) is 12.1. The van der Waals surface area contributed by atoms with E-state index in [-0.39, 0.29) is 0 Å². The van der Waals surface area contributed by atoms with Gasteiger partial charge in [0, 0.05) is 21.7 Å². The SMILES string of the molecule is NC(=NCCSc1ccc(Cl)cc1)NC1CC1. The van der Waals surface area contributed by atoms with E-state index in [9.17, 15) is 0 Å². The third kappa shape index (κ3) is 4.88. The number of guanidine groups is 1. The van der Waals surface area contributed by atoms with Crippen molar-refractivity contribution in [3.8, 4) is 0 Å². The number of hydrogen-bond donors (Lipinski definition) is 2. The molecule has 0 bridgehead atoms. The summed E-state index contributed by atoms with van der Waals surface area (Å²) in [6, 6.07) is 8.40. The summed E-state index contributed by atoms with van der Waals surface area (Å²) in [6.07, 6.45) is 2.44. The molecule has 0 atom stereocenters. The Morgan fingerprint density at radius 2 is 2.12 bits per heavy atom. The number of nitrogens with zero attached hydrogens (tertiary/aromatic N) is 1. The maximum absolute atomic E-state index is 5.81. The second kappa shape index (κ2) is 6.17. The molecule has 0 heterocycles. The highest BCUT2D eigenvalue weighted by Gasteiger charge is 2.21. The van der Waals surface area contributed by atoms with E-state index in [1.165, 1.54) is 17.7 Å². The van der Waals surface area contributed by atoms with Gasteiger partial charge in [-0.3, -0.25) is 4.99 Å². The van der Waals surface area contributed by atoms with Crippen LogP contribution in [0, 0.1) is 0 Å². The maximum atomic E-state index is 5.81. The lowest BCUT2D eigenvalue weighted by Crippen LogP contribution is -2.33. The third-order valence-electron chi connectivity index (χ3n) is 2.39. The molecule has 2 rings (SSSR count). The molecule has 1 aromatic carbocycles. The molecule has 3 N–H and O–H groups in total. The van der Waals surface area contributed by atoms with Gasteiger partial charge in [0.05, 0.1) is 6.54 Å². The number of hydrogen-bond acceptors (Lipinski definition) is 2. The molecule has 0 aliphatic heterocycles. The molecule has 92 valence electrons. The molecule has 0 amide bonds. The maximum Gasteiger partial charge on any atom is 0.188 e. The van der Waals surface area contributed by atoms with Crippen molar-refractivity contribution in [2.45, 2.75) is 23.8 Å². The Labute approximate surface area is 111 Å². The van der Waals surface area contributed by atoms with Crippen LogP contribution in [0.4, 0.5) is 0 Å². The molecule has 1 aliphatic rings. The molecule has 1 saturated carbocycles. The zero-order valence-corrected chi connectivity index (χ0v) is 11.1. The summed E-state index contributed by atoms with van der Waals surface area (Å²) in [4.78, 5) is 5.48. The number of aliphatic imine (C=N–C) groups is 1. The van der Waals surface area contributed by atoms with Crippen LogP contribution in [0.25, 0.3) is 0 Å². The van der Waals surface area contributed by atoms with Gasteiger partial charge in [-0.15, -0.1) is 11.8 Å². The number of nitrogens with one attached hydrogen (secondary N) is 1. The number of rotatable bonds is 5. The monoisotopic (exact) mass is 269 g/mol. The van der Waals surface area contributed by atoms with Gasteiger partial charge in [-0.05, 0) is 37.1 Å². The first kappa shape index (κ1) is 12.6. The van der Waals surface area contributed by atoms with E-state index in [4.69, 9.17) is 17.3 Å². The van der Waals surface area contributed by atoms with Crippen molar-refractivity contribution in [3.63, 3.8) is 0 Å². The Morgan fingerprint density at radius 3 is 2.76 bits per heavy atom. The highest BCUT2D eigenvalue weighted by Crippen LogP contribution is 2.20. The number of halogens is 1. The van der Waals surface area contributed by atoms with Gasteiger partial charge in [-0.2, -0.15) is 0 Å². The van der Waals surface area contributed by atoms with Crippen LogP contribution in [-0.4, -0.2) is 24.3 Å². The lowest BCUT2D eigenvalue weighted by Gasteiger charge is -2.03. The minimum Gasteiger partial charge on any atom is -0.370 e. The van der Waals surface area contributed by atoms with E-state index in [0.717, 1.165) is 17.3 Å². The van der Waals surface area contributed by atoms with Crippen LogP contribution in [0.1, 0.15) is 12.8 Å². The van der Waals surface area contributed by atoms with Crippen LogP contribution in [-0.2, 0) is 0 Å². The summed E-state index contributed by atoms with van der Waals surface area (Å²) in [5, 5.41) is 3.93. The van der Waals surface area contributed by atoms with Crippen molar-refractivity contribution in [3.05, 3.63) is 29.3 Å². The van der Waals surface area contributed by atoms with Crippen LogP contribution in [0.3, 0.4) is 0 Å². The van der Waals surface area contributed by atoms with Gasteiger partial charge in [0.2, 0.25) is 0 Å². The van der Waals surface area contributed by atoms with E-state index >= 15 is 0 Å². The minimum atomic E-state index is 0.572. The van der Waals surface area contributed by atoms with Gasteiger partial charge >= 0.3 is 0 Å². The number of nitrogens with two attached hydrogens (primary N) is 1. The highest BCUT2D eigenvalue weighted by atomic mass is 35.5. The van der Waals surface area contributed by atoms with Crippen LogP contribution >= 0.6 is 23.4 Å². The molecule has 1 aromatic rings. The Bertz CT molecular complexity index is 387. The molecule has 17 heavy (non-hydrogen) atoms. The lowest BCUT2D eigenvalue weighted by atomic mass is 10.4. The molecule has 0 unspecified atom stereocenters. The van der Waals surface area contributed by atoms with Crippen molar-refractivity contribution in [2.75, 3.05) is 12.3 Å². The van der Waals surface area contributed by atoms with E-state index in [1.54, 1.807) is 11.8 Å². The normalized spacial score (nSPS) is 15.9. The number of benzene rings is 1. The van der Waals surface area contributed by atoms with Crippen molar-refractivity contribution in [1.82, 2.24) is 5.32 Å². The van der Waals surface area contributed by atoms with Gasteiger partial charge in [-0.25, -0.2) is 0 Å². The Hall–Kier alpha value is -0.870. The van der Waals surface area contributed by atoms with Crippen LogP contribution in [0.5, 0.6) is 0 Å². The highest BCUT2D eigenvalue weighted by molar-refractivity contribution is 7.99. The first-order valence-corrected chi connectivity index (χ1v) is 7.05. The quantitative estimate of drug-likeness (QED) is 0.374. The van der Waals surface area contributed by atoms with Crippen LogP contribution in [0.15, 0.2) is 34.2 Å². The molecule has 5 heteroatoms. The second-order valence-electron chi connectivity index (χ2n) is 3.99. The lowest BCUT2D eigenvalue weighted by molar-refractivity contribution is 0.886. The van der Waals surface area contributed by atoms with Gasteiger partial charge in [0.1, 0.15) is 0 Å². The second-order valence-corrected chi connectivity index (χ2v) is 5.59. The third-order valence-corrected chi connectivity index (χ3v) is 3.63. The molecule has 1 aliphatic carbocycles. The molecule has 0 radical (unpaired) electrons. The van der Waals surface area contributed by atoms with Gasteiger partial charge < -0.3 is 11.1 Å². The standard InChI is InChI=1S/C12H16ClN3S/c13-9-1-5-11(6-2-9)17-8-7-15-12(14)16-10-3-4-10/h1-2,5-6,10H,3-4,7-8H2,(H3,14,15,16). The molecular weight excluding hydrogens is 254 g/mol. The summed E-state index contributed by atoms with van der Waals surface area (Å²) in [5.74, 6) is 1.50. The predicted molar refractivity (Wildman–Crippen MR) is 74.8 cm³/mol. The number of thioether (sulfide) groups is 1. The predicted octanol–water partition coefficient (Wildman–Crippen LogP) is 2.50. The largest absolute Gasteiger partial charge is 0.370 e. The van der Waals surface area contributed by atoms with E-state index in [2.05, 4.69) is 10.3 Å². The van der Waals surface area contributed by atoms with E-state index in [0.29, 0.717) is 12.0 Å². The van der Waals surface area contributed by atoms with Crippen molar-refractivity contribution in [2.24, 2.45) is 10.7 Å². The smallest absolute Gasteiger partial charge is 0.188 e. The topological polar surface area (TPSA) is 50.4 Å². The fraction of sp³-hybridized carbons (Fsp3) is 0.417. The zero-order valence-electron chi connectivity index (χ0n) is 9.53. The van der Waals surface area contributed by atoms with E-state index < -0.39 is 0 Å². The van der Waals surface area contributed by atoms with Gasteiger partial charge in [0.15, 0.2) is 5.96 Å². The molecule has 3 nitrogen and oxygen atoms in total. The molecular formula is C12H16ClN3S. The van der Waals surface area contributed by atoms with Gasteiger partial charge in [-0.1, -0.05) is 11.6 Å². The van der Waals surface area contributed by atoms with Gasteiger partial charge in [0.25, 0.3) is 0 Å². The summed E-state index contributed by atoms with van der Waals surface area (Å²) in [7, 11) is 0. The Kier molecular flexibility index (Phi) is 4.57. The fourth-order valence-corrected chi connectivity index (χ4v) is 2.22. The molecule has 1 fully saturated rings. The fourth-order valence-electron chi connectivity index (χ4n) is 1.34. The summed E-state index contributed by atoms with van der Waals surface area (Å²) >= 11 is 7.57. The van der Waals surface area contributed by atoms with Crippen LogP contribution < -0.4 is 11.1 Å². The first-order chi connectivity index (χ1) is 8.24. The summed E-state index contributed by atoms with van der Waals surface area (Å²) in [5.41, 5.74) is 5.73. The molecule has 0 spiro atoms. The Morgan fingerprint density at radius 1 is 1.41 bits per heavy atom. The molecule has 0 aromatic heterocycles. The Balaban J connectivity index is 1.66. The average Bonchev–Trinajstić information content (AvgIpc) is 3.11. The summed E-state index contributed by atoms with van der Waals surface area (Å²) < 4.78 is 0. The van der Waals surface area contributed by atoms with E-state index in [1.807, 2.05) is 24.3 Å². The van der Waals surface area contributed by atoms with Crippen LogP contribution in [0.2, 0.25) is 5.02 Å². The molecule has 0 saturated heterocycles.